The lowest BCUT2D eigenvalue weighted by Gasteiger charge is -2.21. The molecular formula is C12H28N4O. The van der Waals surface area contributed by atoms with E-state index in [0.29, 0.717) is 5.92 Å². The van der Waals surface area contributed by atoms with Gasteiger partial charge in [-0.3, -0.25) is 10.4 Å². The van der Waals surface area contributed by atoms with Gasteiger partial charge in [-0.25, -0.2) is 5.84 Å². The standard InChI is InChI=1S/C12H28N4O/c1-5-17-10-6-8-14-12(15-13)16(4)9-7-11(2)3/h11H,5-10,13H2,1-4H3,(H,14,15). The molecule has 0 heterocycles. The van der Waals surface area contributed by atoms with Gasteiger partial charge >= 0.3 is 0 Å². The Bertz CT molecular complexity index is 207. The first-order chi connectivity index (χ1) is 8.11. The minimum absolute atomic E-state index is 0.689. The summed E-state index contributed by atoms with van der Waals surface area (Å²) in [5.41, 5.74) is 2.65. The Morgan fingerprint density at radius 3 is 2.71 bits per heavy atom. The van der Waals surface area contributed by atoms with Crippen molar-refractivity contribution >= 4 is 5.96 Å². The summed E-state index contributed by atoms with van der Waals surface area (Å²) in [6.07, 6.45) is 2.06. The summed E-state index contributed by atoms with van der Waals surface area (Å²) in [6.45, 7) is 9.65. The number of hydrogen-bond acceptors (Lipinski definition) is 3. The first-order valence-electron chi connectivity index (χ1n) is 6.41. The Hall–Kier alpha value is -0.810. The number of nitrogens with two attached hydrogens (primary N) is 1. The molecule has 0 aromatic heterocycles. The molecule has 5 nitrogen and oxygen atoms in total. The van der Waals surface area contributed by atoms with Gasteiger partial charge in [-0.15, -0.1) is 0 Å². The number of rotatable bonds is 8. The van der Waals surface area contributed by atoms with Crippen molar-refractivity contribution in [2.75, 3.05) is 33.4 Å². The van der Waals surface area contributed by atoms with Gasteiger partial charge in [0.1, 0.15) is 0 Å². The summed E-state index contributed by atoms with van der Waals surface area (Å²) in [6, 6.07) is 0. The van der Waals surface area contributed by atoms with Crippen molar-refractivity contribution in [1.82, 2.24) is 10.3 Å². The van der Waals surface area contributed by atoms with E-state index in [4.69, 9.17) is 10.6 Å². The molecule has 0 radical (unpaired) electrons. The first kappa shape index (κ1) is 16.2. The number of nitrogens with one attached hydrogen (secondary N) is 1. The fraction of sp³-hybridized carbons (Fsp3) is 0.917. The highest BCUT2D eigenvalue weighted by Crippen LogP contribution is 2.00. The van der Waals surface area contributed by atoms with Gasteiger partial charge in [0.2, 0.25) is 5.96 Å². The van der Waals surface area contributed by atoms with Gasteiger partial charge in [0.05, 0.1) is 0 Å². The molecule has 102 valence electrons. The summed E-state index contributed by atoms with van der Waals surface area (Å²) < 4.78 is 5.25. The van der Waals surface area contributed by atoms with E-state index in [1.54, 1.807) is 0 Å². The number of nitrogens with zero attached hydrogens (tertiary/aromatic N) is 2. The third kappa shape index (κ3) is 8.94. The molecular weight excluding hydrogens is 216 g/mol. The van der Waals surface area contributed by atoms with E-state index in [1.165, 1.54) is 0 Å². The summed E-state index contributed by atoms with van der Waals surface area (Å²) >= 11 is 0. The van der Waals surface area contributed by atoms with Crippen LogP contribution in [0.5, 0.6) is 0 Å². The maximum Gasteiger partial charge on any atom is 0.208 e. The van der Waals surface area contributed by atoms with E-state index in [9.17, 15) is 0 Å². The van der Waals surface area contributed by atoms with Crippen molar-refractivity contribution in [3.8, 4) is 0 Å². The van der Waals surface area contributed by atoms with E-state index < -0.39 is 0 Å². The lowest BCUT2D eigenvalue weighted by Crippen LogP contribution is -2.43. The molecule has 0 aromatic rings. The number of hydrazine groups is 1. The summed E-state index contributed by atoms with van der Waals surface area (Å²) in [5.74, 6) is 6.91. The van der Waals surface area contributed by atoms with Crippen LogP contribution in [-0.2, 0) is 4.74 Å². The second-order valence-corrected chi connectivity index (χ2v) is 4.50. The molecule has 0 spiro atoms. The Balaban J connectivity index is 3.89. The summed E-state index contributed by atoms with van der Waals surface area (Å²) in [4.78, 5) is 6.47. The van der Waals surface area contributed by atoms with Crippen LogP contribution in [0.15, 0.2) is 4.99 Å². The highest BCUT2D eigenvalue weighted by atomic mass is 16.5. The average molecular weight is 244 g/mol. The minimum Gasteiger partial charge on any atom is -0.382 e. The van der Waals surface area contributed by atoms with Crippen LogP contribution in [0.1, 0.15) is 33.6 Å². The van der Waals surface area contributed by atoms with Crippen molar-refractivity contribution in [3.05, 3.63) is 0 Å². The first-order valence-corrected chi connectivity index (χ1v) is 6.41. The molecule has 5 heteroatoms. The summed E-state index contributed by atoms with van der Waals surface area (Å²) in [7, 11) is 2.00. The number of guanidine groups is 1. The minimum atomic E-state index is 0.689. The molecule has 0 amide bonds. The molecule has 0 unspecified atom stereocenters. The molecule has 0 saturated heterocycles. The van der Waals surface area contributed by atoms with Crippen LogP contribution >= 0.6 is 0 Å². The van der Waals surface area contributed by atoms with Crippen LogP contribution in [-0.4, -0.2) is 44.2 Å². The van der Waals surface area contributed by atoms with E-state index >= 15 is 0 Å². The third-order valence-electron chi connectivity index (χ3n) is 2.45. The summed E-state index contributed by atoms with van der Waals surface area (Å²) in [5, 5.41) is 0. The fourth-order valence-electron chi connectivity index (χ4n) is 1.33. The van der Waals surface area contributed by atoms with E-state index in [1.807, 2.05) is 14.0 Å². The van der Waals surface area contributed by atoms with Gasteiger partial charge in [0.15, 0.2) is 0 Å². The van der Waals surface area contributed by atoms with Gasteiger partial charge in [0.25, 0.3) is 0 Å². The molecule has 0 aliphatic carbocycles. The Morgan fingerprint density at radius 2 is 2.18 bits per heavy atom. The molecule has 0 bridgehead atoms. The molecule has 0 aliphatic rings. The van der Waals surface area contributed by atoms with Crippen molar-refractivity contribution in [3.63, 3.8) is 0 Å². The van der Waals surface area contributed by atoms with Crippen molar-refractivity contribution in [2.45, 2.75) is 33.6 Å². The van der Waals surface area contributed by atoms with Crippen molar-refractivity contribution < 1.29 is 4.74 Å². The molecule has 0 aromatic carbocycles. The van der Waals surface area contributed by atoms with Gasteiger partial charge in [0, 0.05) is 33.4 Å². The third-order valence-corrected chi connectivity index (χ3v) is 2.45. The van der Waals surface area contributed by atoms with E-state index in [0.717, 1.165) is 45.1 Å². The highest BCUT2D eigenvalue weighted by molar-refractivity contribution is 5.79. The average Bonchev–Trinajstić information content (AvgIpc) is 2.31. The lowest BCUT2D eigenvalue weighted by molar-refractivity contribution is 0.146. The maximum absolute atomic E-state index is 5.47. The quantitative estimate of drug-likeness (QED) is 0.221. The van der Waals surface area contributed by atoms with E-state index in [2.05, 4.69) is 29.2 Å². The highest BCUT2D eigenvalue weighted by Gasteiger charge is 2.05. The Kier molecular flexibility index (Phi) is 9.86. The zero-order valence-corrected chi connectivity index (χ0v) is 11.7. The molecule has 0 atom stereocenters. The predicted molar refractivity (Wildman–Crippen MR) is 72.8 cm³/mol. The van der Waals surface area contributed by atoms with Gasteiger partial charge in [-0.1, -0.05) is 13.8 Å². The zero-order chi connectivity index (χ0) is 13.1. The second-order valence-electron chi connectivity index (χ2n) is 4.50. The normalized spacial score (nSPS) is 12.0. The van der Waals surface area contributed by atoms with Gasteiger partial charge < -0.3 is 9.64 Å². The SMILES string of the molecule is CCOCCCN=C(NN)N(C)CCC(C)C. The second kappa shape index (κ2) is 10.4. The lowest BCUT2D eigenvalue weighted by atomic mass is 10.1. The molecule has 3 N–H and O–H groups in total. The topological polar surface area (TPSA) is 62.9 Å². The van der Waals surface area contributed by atoms with Crippen LogP contribution < -0.4 is 11.3 Å². The van der Waals surface area contributed by atoms with Crippen LogP contribution in [0.2, 0.25) is 0 Å². The number of aliphatic imine (C=N–C) groups is 1. The van der Waals surface area contributed by atoms with Crippen molar-refractivity contribution in [2.24, 2.45) is 16.8 Å². The van der Waals surface area contributed by atoms with E-state index in [-0.39, 0.29) is 0 Å². The van der Waals surface area contributed by atoms with Crippen LogP contribution in [0.3, 0.4) is 0 Å². The molecule has 0 fully saturated rings. The largest absolute Gasteiger partial charge is 0.382 e. The van der Waals surface area contributed by atoms with Crippen LogP contribution in [0, 0.1) is 5.92 Å². The monoisotopic (exact) mass is 244 g/mol. The van der Waals surface area contributed by atoms with Crippen molar-refractivity contribution in [1.29, 1.82) is 0 Å². The van der Waals surface area contributed by atoms with Gasteiger partial charge in [-0.2, -0.15) is 0 Å². The number of ether oxygens (including phenoxy) is 1. The predicted octanol–water partition coefficient (Wildman–Crippen LogP) is 1.21. The Morgan fingerprint density at radius 1 is 1.47 bits per heavy atom. The van der Waals surface area contributed by atoms with Gasteiger partial charge in [-0.05, 0) is 25.7 Å². The molecule has 0 rings (SSSR count). The van der Waals surface area contributed by atoms with Crippen LogP contribution in [0.25, 0.3) is 0 Å². The number of hydrogen-bond donors (Lipinski definition) is 2. The molecule has 0 aliphatic heterocycles. The fourth-order valence-corrected chi connectivity index (χ4v) is 1.33. The Labute approximate surface area is 105 Å². The molecule has 17 heavy (non-hydrogen) atoms. The molecule has 0 saturated carbocycles. The maximum atomic E-state index is 5.47. The van der Waals surface area contributed by atoms with Crippen LogP contribution in [0.4, 0.5) is 0 Å². The smallest absolute Gasteiger partial charge is 0.208 e. The zero-order valence-electron chi connectivity index (χ0n) is 11.7.